The van der Waals surface area contributed by atoms with Crippen molar-refractivity contribution >= 4 is 21.9 Å². The largest absolute Gasteiger partial charge is 0.465 e. The van der Waals surface area contributed by atoms with E-state index in [1.165, 1.54) is 9.21 Å². The Hall–Kier alpha value is -1.94. The molecule has 2 rings (SSSR count). The normalized spacial score (nSPS) is 18.3. The third-order valence-electron chi connectivity index (χ3n) is 4.81. The summed E-state index contributed by atoms with van der Waals surface area (Å²) >= 11 is 0. The molecule has 0 aliphatic carbocycles. The Morgan fingerprint density at radius 1 is 1.36 bits per heavy atom. The minimum Gasteiger partial charge on any atom is -0.465 e. The Morgan fingerprint density at radius 2 is 2.04 bits per heavy atom. The molecule has 1 aromatic rings. The van der Waals surface area contributed by atoms with Gasteiger partial charge in [0.1, 0.15) is 17.1 Å². The van der Waals surface area contributed by atoms with E-state index in [0.717, 1.165) is 0 Å². The molecule has 1 aliphatic rings. The zero-order valence-corrected chi connectivity index (χ0v) is 17.9. The summed E-state index contributed by atoms with van der Waals surface area (Å²) in [5, 5.41) is 3.73. The number of sulfonamides is 1. The predicted molar refractivity (Wildman–Crippen MR) is 101 cm³/mol. The van der Waals surface area contributed by atoms with E-state index < -0.39 is 21.9 Å². The van der Waals surface area contributed by atoms with Crippen LogP contribution in [0.4, 0.5) is 0 Å². The number of aromatic nitrogens is 1. The fraction of sp³-hybridized carbons (Fsp3) is 0.722. The van der Waals surface area contributed by atoms with E-state index in [-0.39, 0.29) is 42.3 Å². The highest BCUT2D eigenvalue weighted by atomic mass is 32.2. The third kappa shape index (κ3) is 4.72. The van der Waals surface area contributed by atoms with Gasteiger partial charge in [-0.15, -0.1) is 0 Å². The van der Waals surface area contributed by atoms with Crippen LogP contribution in [0.1, 0.15) is 45.1 Å². The molecule has 0 N–H and O–H groups in total. The minimum absolute atomic E-state index is 0.0628. The number of ether oxygens (including phenoxy) is 1. The highest BCUT2D eigenvalue weighted by Gasteiger charge is 2.38. The van der Waals surface area contributed by atoms with Gasteiger partial charge in [-0.05, 0) is 47.5 Å². The summed E-state index contributed by atoms with van der Waals surface area (Å²) in [4.78, 5) is 26.4. The Bertz CT molecular complexity index is 798. The van der Waals surface area contributed by atoms with Crippen molar-refractivity contribution in [3.8, 4) is 0 Å². The maximum Gasteiger partial charge on any atom is 0.325 e. The zero-order valence-electron chi connectivity index (χ0n) is 17.1. The Balaban J connectivity index is 2.19. The molecular formula is C18H29N3O6S. The van der Waals surface area contributed by atoms with E-state index in [2.05, 4.69) is 5.16 Å². The molecular weight excluding hydrogens is 386 g/mol. The van der Waals surface area contributed by atoms with Crippen molar-refractivity contribution in [2.75, 3.05) is 26.2 Å². The zero-order chi connectivity index (χ0) is 21.1. The van der Waals surface area contributed by atoms with Crippen LogP contribution in [0.3, 0.4) is 0 Å². The lowest BCUT2D eigenvalue weighted by Crippen LogP contribution is -2.50. The van der Waals surface area contributed by atoms with Crippen LogP contribution < -0.4 is 0 Å². The molecule has 1 aromatic heterocycles. The van der Waals surface area contributed by atoms with Gasteiger partial charge in [0.15, 0.2) is 5.76 Å². The Morgan fingerprint density at radius 3 is 2.57 bits per heavy atom. The summed E-state index contributed by atoms with van der Waals surface area (Å²) in [6.07, 6.45) is 1.13. The van der Waals surface area contributed by atoms with Gasteiger partial charge in [0, 0.05) is 19.1 Å². The maximum atomic E-state index is 13.1. The number of amides is 1. The average molecular weight is 416 g/mol. The van der Waals surface area contributed by atoms with Gasteiger partial charge in [-0.25, -0.2) is 8.42 Å². The first-order valence-corrected chi connectivity index (χ1v) is 10.9. The van der Waals surface area contributed by atoms with Crippen LogP contribution in [-0.4, -0.2) is 66.9 Å². The maximum absolute atomic E-state index is 13.1. The van der Waals surface area contributed by atoms with E-state index in [9.17, 15) is 18.0 Å². The van der Waals surface area contributed by atoms with Crippen molar-refractivity contribution in [1.82, 2.24) is 14.4 Å². The summed E-state index contributed by atoms with van der Waals surface area (Å²) in [5.74, 6) is -0.986. The first-order valence-electron chi connectivity index (χ1n) is 9.48. The molecule has 1 amide bonds. The second kappa shape index (κ2) is 9.04. The molecule has 0 bridgehead atoms. The molecule has 9 nitrogen and oxygen atoms in total. The van der Waals surface area contributed by atoms with Crippen molar-refractivity contribution in [1.29, 1.82) is 0 Å². The minimum atomic E-state index is -3.81. The van der Waals surface area contributed by atoms with E-state index in [4.69, 9.17) is 9.26 Å². The van der Waals surface area contributed by atoms with E-state index >= 15 is 0 Å². The molecule has 2 heterocycles. The number of rotatable bonds is 7. The molecule has 0 radical (unpaired) electrons. The molecule has 0 saturated carbocycles. The number of nitrogens with zero attached hydrogens (tertiary/aromatic N) is 3. The monoisotopic (exact) mass is 415 g/mol. The van der Waals surface area contributed by atoms with Gasteiger partial charge in [0.05, 0.1) is 12.5 Å². The molecule has 1 fully saturated rings. The van der Waals surface area contributed by atoms with Crippen LogP contribution >= 0.6 is 0 Å². The fourth-order valence-electron chi connectivity index (χ4n) is 3.43. The summed E-state index contributed by atoms with van der Waals surface area (Å²) in [6, 6.07) is -0.202. The van der Waals surface area contributed by atoms with E-state index in [1.54, 1.807) is 20.8 Å². The van der Waals surface area contributed by atoms with Crippen molar-refractivity contribution in [2.24, 2.45) is 5.92 Å². The number of piperidine rings is 1. The topological polar surface area (TPSA) is 110 Å². The molecule has 1 saturated heterocycles. The molecule has 0 spiro atoms. The van der Waals surface area contributed by atoms with Crippen LogP contribution in [0, 0.1) is 19.8 Å². The summed E-state index contributed by atoms with van der Waals surface area (Å²) in [5.41, 5.74) is 0.303. The summed E-state index contributed by atoms with van der Waals surface area (Å²) in [7, 11) is -3.81. The lowest BCUT2D eigenvalue weighted by molar-refractivity contribution is -0.152. The highest BCUT2D eigenvalue weighted by molar-refractivity contribution is 7.89. The van der Waals surface area contributed by atoms with Crippen molar-refractivity contribution in [3.05, 3.63) is 11.5 Å². The lowest BCUT2D eigenvalue weighted by atomic mass is 9.97. The van der Waals surface area contributed by atoms with Gasteiger partial charge < -0.3 is 14.2 Å². The van der Waals surface area contributed by atoms with Crippen molar-refractivity contribution in [3.63, 3.8) is 0 Å². The smallest absolute Gasteiger partial charge is 0.325 e. The van der Waals surface area contributed by atoms with Gasteiger partial charge in [-0.1, -0.05) is 5.16 Å². The van der Waals surface area contributed by atoms with Crippen molar-refractivity contribution < 1.29 is 27.3 Å². The predicted octanol–water partition coefficient (Wildman–Crippen LogP) is 1.49. The molecule has 1 aliphatic heterocycles. The first kappa shape index (κ1) is 22.4. The fourth-order valence-corrected chi connectivity index (χ4v) is 5.24. The van der Waals surface area contributed by atoms with Gasteiger partial charge in [-0.2, -0.15) is 4.31 Å². The lowest BCUT2D eigenvalue weighted by Gasteiger charge is -2.35. The molecule has 158 valence electrons. The second-order valence-corrected chi connectivity index (χ2v) is 9.10. The number of carbonyl (C=O) groups excluding carboxylic acids is 2. The molecule has 1 unspecified atom stereocenters. The second-order valence-electron chi connectivity index (χ2n) is 7.22. The molecule has 0 aromatic carbocycles. The quantitative estimate of drug-likeness (QED) is 0.621. The Kier molecular flexibility index (Phi) is 7.22. The Labute approximate surface area is 166 Å². The third-order valence-corrected chi connectivity index (χ3v) is 6.92. The van der Waals surface area contributed by atoms with Crippen LogP contribution in [0.25, 0.3) is 0 Å². The van der Waals surface area contributed by atoms with Crippen LogP contribution in [0.5, 0.6) is 0 Å². The highest BCUT2D eigenvalue weighted by Crippen LogP contribution is 2.28. The number of hydrogen-bond acceptors (Lipinski definition) is 7. The SMILES string of the molecule is CCOC(=O)CN(C(=O)C1CCCN(S(=O)(=O)c2c(C)noc2C)C1)C(C)C. The summed E-state index contributed by atoms with van der Waals surface area (Å²) in [6.45, 7) is 8.97. The van der Waals surface area contributed by atoms with Crippen LogP contribution in [0.2, 0.25) is 0 Å². The number of hydrogen-bond donors (Lipinski definition) is 0. The average Bonchev–Trinajstić information content (AvgIpc) is 2.98. The first-order chi connectivity index (χ1) is 13.1. The summed E-state index contributed by atoms with van der Waals surface area (Å²) < 4.78 is 37.4. The molecule has 10 heteroatoms. The molecule has 1 atom stereocenters. The van der Waals surface area contributed by atoms with Gasteiger partial charge in [0.25, 0.3) is 0 Å². The number of aryl methyl sites for hydroxylation is 2. The van der Waals surface area contributed by atoms with E-state index in [0.29, 0.717) is 25.1 Å². The number of carbonyl (C=O) groups is 2. The van der Waals surface area contributed by atoms with E-state index in [1.807, 2.05) is 13.8 Å². The van der Waals surface area contributed by atoms with Gasteiger partial charge >= 0.3 is 5.97 Å². The van der Waals surface area contributed by atoms with Gasteiger partial charge in [-0.3, -0.25) is 9.59 Å². The van der Waals surface area contributed by atoms with Gasteiger partial charge in [0.2, 0.25) is 15.9 Å². The van der Waals surface area contributed by atoms with Crippen molar-refractivity contribution in [2.45, 2.75) is 58.4 Å². The van der Waals surface area contributed by atoms with Crippen LogP contribution in [-0.2, 0) is 24.3 Å². The standard InChI is InChI=1S/C18H29N3O6S/c1-6-26-16(22)11-21(12(2)3)18(23)15-8-7-9-20(10-15)28(24,25)17-13(4)19-27-14(17)5/h12,15H,6-11H2,1-5H3. The number of esters is 1. The molecule has 28 heavy (non-hydrogen) atoms. The van der Waals surface area contributed by atoms with Crippen LogP contribution in [0.15, 0.2) is 9.42 Å².